The van der Waals surface area contributed by atoms with E-state index in [1.54, 1.807) is 18.5 Å². The predicted molar refractivity (Wildman–Crippen MR) is 177 cm³/mol. The molecule has 2 aliphatic heterocycles. The summed E-state index contributed by atoms with van der Waals surface area (Å²) in [7, 11) is 1.62. The van der Waals surface area contributed by atoms with Crippen molar-refractivity contribution in [3.05, 3.63) is 94.6 Å². The summed E-state index contributed by atoms with van der Waals surface area (Å²) in [6, 6.07) is 7.10. The number of ketones is 1. The van der Waals surface area contributed by atoms with Crippen molar-refractivity contribution >= 4 is 33.9 Å². The SMILES string of the molecule is Cc1nc2c3c(c(C(F)(F)F)cc2n1C)-c1cccn2c(C(=O)c4cc(F)c(NC(=O)/C=C/CNCC5(CO)COC5)c(F)c4)cc(c12)CCO3. The number of aryl methyl sites for hydroxylation is 2. The Morgan fingerprint density at radius 1 is 1.14 bits per heavy atom. The zero-order chi connectivity index (χ0) is 36.2. The number of hydrogen-bond donors (Lipinski definition) is 3. The molecule has 1 saturated heterocycles. The highest BCUT2D eigenvalue weighted by Crippen LogP contribution is 2.48. The Morgan fingerprint density at radius 2 is 1.88 bits per heavy atom. The third kappa shape index (κ3) is 6.04. The average Bonchev–Trinajstić information content (AvgIpc) is 3.57. The van der Waals surface area contributed by atoms with Crippen molar-refractivity contribution in [1.82, 2.24) is 19.3 Å². The van der Waals surface area contributed by atoms with Crippen LogP contribution in [-0.2, 0) is 29.2 Å². The number of pyridine rings is 1. The average molecular weight is 710 g/mol. The maximum Gasteiger partial charge on any atom is 0.417 e. The molecule has 5 aromatic rings. The van der Waals surface area contributed by atoms with E-state index in [-0.39, 0.29) is 70.8 Å². The van der Waals surface area contributed by atoms with Gasteiger partial charge in [-0.1, -0.05) is 12.1 Å². The van der Waals surface area contributed by atoms with Crippen LogP contribution < -0.4 is 15.4 Å². The second kappa shape index (κ2) is 12.9. The van der Waals surface area contributed by atoms with Gasteiger partial charge in [0.05, 0.1) is 54.1 Å². The number of imidazole rings is 1. The first-order valence-corrected chi connectivity index (χ1v) is 16.1. The highest BCUT2D eigenvalue weighted by atomic mass is 19.4. The van der Waals surface area contributed by atoms with E-state index in [4.69, 9.17) is 9.47 Å². The lowest BCUT2D eigenvalue weighted by Crippen LogP contribution is -2.52. The molecule has 15 heteroatoms. The first-order chi connectivity index (χ1) is 24.3. The molecular weight excluding hydrogens is 677 g/mol. The summed E-state index contributed by atoms with van der Waals surface area (Å²) in [5.74, 6) is -3.52. The van der Waals surface area contributed by atoms with E-state index in [0.29, 0.717) is 36.7 Å². The van der Waals surface area contributed by atoms with Gasteiger partial charge in [0.25, 0.3) is 0 Å². The number of fused-ring (bicyclic) bond motifs is 4. The smallest absolute Gasteiger partial charge is 0.417 e. The van der Waals surface area contributed by atoms with E-state index in [1.165, 1.54) is 34.9 Å². The van der Waals surface area contributed by atoms with Gasteiger partial charge in [0.1, 0.15) is 28.7 Å². The first-order valence-electron chi connectivity index (χ1n) is 16.1. The van der Waals surface area contributed by atoms with Gasteiger partial charge in [-0.05, 0) is 42.8 Å². The molecule has 0 unspecified atom stereocenters. The monoisotopic (exact) mass is 709 g/mol. The van der Waals surface area contributed by atoms with E-state index >= 15 is 8.78 Å². The lowest BCUT2D eigenvalue weighted by atomic mass is 9.87. The van der Waals surface area contributed by atoms with Crippen LogP contribution in [0.25, 0.3) is 27.7 Å². The highest BCUT2D eigenvalue weighted by molar-refractivity contribution is 6.10. The van der Waals surface area contributed by atoms with Gasteiger partial charge in [-0.3, -0.25) is 9.59 Å². The Bertz CT molecular complexity index is 2220. The maximum absolute atomic E-state index is 15.2. The Balaban J connectivity index is 1.19. The van der Waals surface area contributed by atoms with E-state index in [1.807, 2.05) is 0 Å². The van der Waals surface area contributed by atoms with Gasteiger partial charge in [0, 0.05) is 55.5 Å². The molecule has 7 rings (SSSR count). The molecule has 3 N–H and O–H groups in total. The molecule has 0 bridgehead atoms. The van der Waals surface area contributed by atoms with Crippen molar-refractivity contribution in [3.63, 3.8) is 0 Å². The van der Waals surface area contributed by atoms with Gasteiger partial charge in [0.15, 0.2) is 5.75 Å². The second-order valence-electron chi connectivity index (χ2n) is 12.8. The number of aliphatic hydroxyl groups excluding tert-OH is 1. The number of aromatic nitrogens is 3. The number of nitrogens with one attached hydrogen (secondary N) is 2. The summed E-state index contributed by atoms with van der Waals surface area (Å²) in [5.41, 5.74) is -1.17. The summed E-state index contributed by atoms with van der Waals surface area (Å²) in [6.07, 6.45) is -0.510. The number of ether oxygens (including phenoxy) is 2. The largest absolute Gasteiger partial charge is 0.490 e. The van der Waals surface area contributed by atoms with Crippen LogP contribution in [0.1, 0.15) is 33.0 Å². The molecule has 5 heterocycles. The number of carbonyl (C=O) groups excluding carboxylic acids is 2. The van der Waals surface area contributed by atoms with Crippen molar-refractivity contribution in [3.8, 4) is 16.9 Å². The predicted octanol–water partition coefficient (Wildman–Crippen LogP) is 5.36. The number of alkyl halides is 3. The van der Waals surface area contributed by atoms with E-state index in [0.717, 1.165) is 24.3 Å². The van der Waals surface area contributed by atoms with Crippen LogP contribution in [-0.4, -0.2) is 70.3 Å². The Labute approximate surface area is 287 Å². The van der Waals surface area contributed by atoms with Crippen LogP contribution in [0.15, 0.2) is 54.7 Å². The molecule has 0 atom stereocenters. The second-order valence-corrected chi connectivity index (χ2v) is 12.8. The zero-order valence-electron chi connectivity index (χ0n) is 27.5. The van der Waals surface area contributed by atoms with E-state index in [2.05, 4.69) is 15.6 Å². The number of hydrogen-bond acceptors (Lipinski definition) is 7. The van der Waals surface area contributed by atoms with Crippen LogP contribution in [0.5, 0.6) is 5.75 Å². The van der Waals surface area contributed by atoms with Crippen molar-refractivity contribution < 1.29 is 46.1 Å². The fourth-order valence-electron chi connectivity index (χ4n) is 6.57. The van der Waals surface area contributed by atoms with E-state index in [9.17, 15) is 27.9 Å². The van der Waals surface area contributed by atoms with Crippen LogP contribution in [0.2, 0.25) is 0 Å². The lowest BCUT2D eigenvalue weighted by molar-refractivity contribution is -0.137. The normalized spacial score (nSPS) is 15.4. The van der Waals surface area contributed by atoms with Gasteiger partial charge in [-0.2, -0.15) is 13.2 Å². The molecule has 3 aromatic heterocycles. The van der Waals surface area contributed by atoms with Crippen molar-refractivity contribution in [1.29, 1.82) is 0 Å². The fourth-order valence-corrected chi connectivity index (χ4v) is 6.57. The van der Waals surface area contributed by atoms with Gasteiger partial charge in [-0.25, -0.2) is 13.8 Å². The molecular formula is C36H32F5N5O5. The summed E-state index contributed by atoms with van der Waals surface area (Å²) in [5, 5.41) is 14.7. The van der Waals surface area contributed by atoms with Gasteiger partial charge in [0.2, 0.25) is 11.7 Å². The molecule has 51 heavy (non-hydrogen) atoms. The minimum Gasteiger partial charge on any atom is -0.490 e. The topological polar surface area (TPSA) is 119 Å². The Morgan fingerprint density at radius 3 is 2.55 bits per heavy atom. The molecule has 2 aliphatic rings. The number of halogens is 5. The number of anilines is 1. The summed E-state index contributed by atoms with van der Waals surface area (Å²) >= 11 is 0. The van der Waals surface area contributed by atoms with Gasteiger partial charge in [-0.15, -0.1) is 0 Å². The van der Waals surface area contributed by atoms with Crippen molar-refractivity contribution in [2.45, 2.75) is 19.5 Å². The minimum atomic E-state index is -4.77. The molecule has 2 aromatic carbocycles. The zero-order valence-corrected chi connectivity index (χ0v) is 27.5. The third-order valence-electron chi connectivity index (χ3n) is 9.39. The van der Waals surface area contributed by atoms with Crippen molar-refractivity contribution in [2.24, 2.45) is 12.5 Å². The quantitative estimate of drug-likeness (QED) is 0.0817. The third-order valence-corrected chi connectivity index (χ3v) is 9.39. The number of benzene rings is 2. The molecule has 0 aliphatic carbocycles. The molecule has 0 spiro atoms. The Kier molecular flexibility index (Phi) is 8.68. The van der Waals surface area contributed by atoms with Crippen molar-refractivity contribution in [2.75, 3.05) is 44.8 Å². The van der Waals surface area contributed by atoms with Gasteiger partial charge < -0.3 is 34.2 Å². The molecule has 266 valence electrons. The van der Waals surface area contributed by atoms with E-state index < -0.39 is 40.8 Å². The maximum atomic E-state index is 15.2. The highest BCUT2D eigenvalue weighted by Gasteiger charge is 2.39. The lowest BCUT2D eigenvalue weighted by Gasteiger charge is -2.39. The summed E-state index contributed by atoms with van der Waals surface area (Å²) in [6.45, 7) is 3.15. The number of carbonyl (C=O) groups is 2. The first kappa shape index (κ1) is 34.3. The molecule has 1 amide bonds. The number of aliphatic hydroxyl groups is 1. The fraction of sp³-hybridized carbons (Fsp3) is 0.306. The Hall–Kier alpha value is -5.12. The minimum absolute atomic E-state index is 0.0249. The molecule has 0 saturated carbocycles. The number of amides is 1. The molecule has 0 radical (unpaired) electrons. The number of rotatable bonds is 9. The van der Waals surface area contributed by atoms with Crippen LogP contribution in [0.3, 0.4) is 0 Å². The molecule has 1 fully saturated rings. The van der Waals surface area contributed by atoms with Crippen LogP contribution >= 0.6 is 0 Å². The van der Waals surface area contributed by atoms with Gasteiger partial charge >= 0.3 is 6.18 Å². The van der Waals surface area contributed by atoms with Crippen LogP contribution in [0, 0.1) is 24.0 Å². The number of nitrogens with zero attached hydrogens (tertiary/aromatic N) is 3. The summed E-state index contributed by atoms with van der Waals surface area (Å²) < 4.78 is 88.6. The van der Waals surface area contributed by atoms with Crippen LogP contribution in [0.4, 0.5) is 27.6 Å². The summed E-state index contributed by atoms with van der Waals surface area (Å²) in [4.78, 5) is 30.7. The molecule has 10 nitrogen and oxygen atoms in total. The standard InChI is InChI=1S/C36H32F5N5O5/c1-19-43-31-26(45(19)2)14-23(36(39,40)41)29-22-5-4-9-46-27(13-20(32(22)46)7-10-51-34(29)31)33(49)21-11-24(37)30(25(38)12-21)44-28(48)6-3-8-42-15-35(16-47)17-50-18-35/h3-6,9,11-14,42,47H,7-8,10,15-18H2,1-2H3,(H,44,48)/b6-3+.